The zero-order valence-electron chi connectivity index (χ0n) is 10.3. The van der Waals surface area contributed by atoms with Gasteiger partial charge >= 0.3 is 0 Å². The fourth-order valence-electron chi connectivity index (χ4n) is 2.70. The SMILES string of the molecule is c1ccc2c(c1)NCC2Cc1nnc2cnccn12. The molecule has 0 spiro atoms. The number of benzene rings is 1. The summed E-state index contributed by atoms with van der Waals surface area (Å²) in [5.41, 5.74) is 3.41. The molecule has 2 aromatic heterocycles. The van der Waals surface area contributed by atoms with Crippen LogP contribution < -0.4 is 5.32 Å². The van der Waals surface area contributed by atoms with Gasteiger partial charge in [-0.3, -0.25) is 9.38 Å². The Labute approximate surface area is 110 Å². The third kappa shape index (κ3) is 1.66. The first-order valence-corrected chi connectivity index (χ1v) is 6.38. The fraction of sp³-hybridized carbons (Fsp3) is 0.214. The van der Waals surface area contributed by atoms with Crippen molar-refractivity contribution in [1.29, 1.82) is 0 Å². The Morgan fingerprint density at radius 2 is 2.21 bits per heavy atom. The van der Waals surface area contributed by atoms with E-state index in [2.05, 4.69) is 44.8 Å². The van der Waals surface area contributed by atoms with E-state index in [0.717, 1.165) is 24.4 Å². The van der Waals surface area contributed by atoms with Crippen LogP contribution in [0.15, 0.2) is 42.9 Å². The average molecular weight is 251 g/mol. The van der Waals surface area contributed by atoms with Gasteiger partial charge in [-0.2, -0.15) is 0 Å². The van der Waals surface area contributed by atoms with Crippen LogP contribution in [-0.4, -0.2) is 26.1 Å². The molecule has 19 heavy (non-hydrogen) atoms. The highest BCUT2D eigenvalue weighted by atomic mass is 15.2. The Balaban J connectivity index is 1.70. The number of aromatic nitrogens is 4. The van der Waals surface area contributed by atoms with Gasteiger partial charge in [-0.05, 0) is 11.6 Å². The molecule has 1 aliphatic rings. The average Bonchev–Trinajstić information content (AvgIpc) is 3.05. The monoisotopic (exact) mass is 251 g/mol. The third-order valence-electron chi connectivity index (χ3n) is 3.65. The lowest BCUT2D eigenvalue weighted by Gasteiger charge is -2.08. The summed E-state index contributed by atoms with van der Waals surface area (Å²) in [6.45, 7) is 0.958. The van der Waals surface area contributed by atoms with Crippen molar-refractivity contribution in [2.24, 2.45) is 0 Å². The van der Waals surface area contributed by atoms with E-state index >= 15 is 0 Å². The highest BCUT2D eigenvalue weighted by Crippen LogP contribution is 2.32. The summed E-state index contributed by atoms with van der Waals surface area (Å²) in [7, 11) is 0. The Bertz CT molecular complexity index is 733. The lowest BCUT2D eigenvalue weighted by atomic mass is 9.98. The number of hydrogen-bond donors (Lipinski definition) is 1. The second-order valence-electron chi connectivity index (χ2n) is 4.79. The van der Waals surface area contributed by atoms with Gasteiger partial charge in [-0.1, -0.05) is 18.2 Å². The third-order valence-corrected chi connectivity index (χ3v) is 3.65. The molecule has 1 unspecified atom stereocenters. The maximum absolute atomic E-state index is 4.28. The van der Waals surface area contributed by atoms with Crippen molar-refractivity contribution in [3.63, 3.8) is 0 Å². The zero-order valence-corrected chi connectivity index (χ0v) is 10.3. The second-order valence-corrected chi connectivity index (χ2v) is 4.79. The Morgan fingerprint density at radius 3 is 3.21 bits per heavy atom. The number of nitrogens with one attached hydrogen (secondary N) is 1. The number of nitrogens with zero attached hydrogens (tertiary/aromatic N) is 4. The van der Waals surface area contributed by atoms with Crippen LogP contribution in [0.4, 0.5) is 5.69 Å². The van der Waals surface area contributed by atoms with E-state index in [1.54, 1.807) is 12.4 Å². The number of anilines is 1. The number of fused-ring (bicyclic) bond motifs is 2. The maximum atomic E-state index is 4.28. The first-order chi connectivity index (χ1) is 9.42. The molecule has 5 heteroatoms. The second kappa shape index (κ2) is 4.05. The zero-order chi connectivity index (χ0) is 12.7. The fourth-order valence-corrected chi connectivity index (χ4v) is 2.70. The number of hydrogen-bond acceptors (Lipinski definition) is 4. The van der Waals surface area contributed by atoms with Crippen LogP contribution in [0.25, 0.3) is 5.65 Å². The quantitative estimate of drug-likeness (QED) is 0.755. The van der Waals surface area contributed by atoms with Crippen LogP contribution in [0, 0.1) is 0 Å². The van der Waals surface area contributed by atoms with Crippen LogP contribution in [0.1, 0.15) is 17.3 Å². The molecular formula is C14H13N5. The van der Waals surface area contributed by atoms with Gasteiger partial charge in [0, 0.05) is 37.0 Å². The molecular weight excluding hydrogens is 238 g/mol. The predicted octanol–water partition coefficient (Wildman–Crippen LogP) is 1.88. The van der Waals surface area contributed by atoms with Crippen molar-refractivity contribution in [3.05, 3.63) is 54.2 Å². The predicted molar refractivity (Wildman–Crippen MR) is 72.2 cm³/mol. The summed E-state index contributed by atoms with van der Waals surface area (Å²) in [5.74, 6) is 1.44. The molecule has 1 atom stereocenters. The summed E-state index contributed by atoms with van der Waals surface area (Å²) in [6.07, 6.45) is 6.30. The van der Waals surface area contributed by atoms with E-state index in [9.17, 15) is 0 Å². The van der Waals surface area contributed by atoms with E-state index in [1.807, 2.05) is 10.6 Å². The lowest BCUT2D eigenvalue weighted by molar-refractivity contribution is 0.704. The minimum atomic E-state index is 0.455. The van der Waals surface area contributed by atoms with Crippen molar-refractivity contribution in [3.8, 4) is 0 Å². The van der Waals surface area contributed by atoms with Crippen molar-refractivity contribution in [2.45, 2.75) is 12.3 Å². The normalized spacial score (nSPS) is 17.4. The maximum Gasteiger partial charge on any atom is 0.179 e. The molecule has 1 aromatic carbocycles. The lowest BCUT2D eigenvalue weighted by Crippen LogP contribution is -2.08. The van der Waals surface area contributed by atoms with Crippen LogP contribution in [0.5, 0.6) is 0 Å². The largest absolute Gasteiger partial charge is 0.384 e. The van der Waals surface area contributed by atoms with Crippen LogP contribution in [-0.2, 0) is 6.42 Å². The minimum Gasteiger partial charge on any atom is -0.384 e. The van der Waals surface area contributed by atoms with Crippen molar-refractivity contribution >= 4 is 11.3 Å². The molecule has 5 nitrogen and oxygen atoms in total. The van der Waals surface area contributed by atoms with Gasteiger partial charge < -0.3 is 5.32 Å². The molecule has 0 radical (unpaired) electrons. The molecule has 0 amide bonds. The molecule has 94 valence electrons. The Morgan fingerprint density at radius 1 is 1.26 bits per heavy atom. The van der Waals surface area contributed by atoms with Gasteiger partial charge in [0.2, 0.25) is 0 Å². The topological polar surface area (TPSA) is 55.1 Å². The molecule has 0 saturated carbocycles. The standard InChI is InChI=1S/C14H13N5/c1-2-4-12-11(3-1)10(8-16-12)7-13-17-18-14-9-15-5-6-19(13)14/h1-6,9-10,16H,7-8H2. The first kappa shape index (κ1) is 10.5. The van der Waals surface area contributed by atoms with Gasteiger partial charge in [0.15, 0.2) is 5.65 Å². The molecule has 0 aliphatic carbocycles. The molecule has 3 aromatic rings. The van der Waals surface area contributed by atoms with E-state index in [1.165, 1.54) is 11.3 Å². The first-order valence-electron chi connectivity index (χ1n) is 6.38. The summed E-state index contributed by atoms with van der Waals surface area (Å²) >= 11 is 0. The Kier molecular flexibility index (Phi) is 2.24. The van der Waals surface area contributed by atoms with Gasteiger partial charge in [0.25, 0.3) is 0 Å². The Hall–Kier alpha value is -2.43. The summed E-state index contributed by atoms with van der Waals surface area (Å²) in [5, 5.41) is 11.9. The van der Waals surface area contributed by atoms with E-state index in [4.69, 9.17) is 0 Å². The molecule has 0 saturated heterocycles. The number of para-hydroxylation sites is 1. The van der Waals surface area contributed by atoms with Crippen molar-refractivity contribution < 1.29 is 0 Å². The molecule has 4 rings (SSSR count). The summed E-state index contributed by atoms with van der Waals surface area (Å²) in [6, 6.07) is 8.46. The van der Waals surface area contributed by atoms with Gasteiger partial charge in [-0.25, -0.2) is 0 Å². The van der Waals surface area contributed by atoms with Crippen LogP contribution in [0.2, 0.25) is 0 Å². The molecule has 0 fully saturated rings. The van der Waals surface area contributed by atoms with Gasteiger partial charge in [-0.15, -0.1) is 10.2 Å². The van der Waals surface area contributed by atoms with Crippen LogP contribution in [0.3, 0.4) is 0 Å². The van der Waals surface area contributed by atoms with E-state index in [0.29, 0.717) is 5.92 Å². The molecule has 1 aliphatic heterocycles. The van der Waals surface area contributed by atoms with Gasteiger partial charge in [0.05, 0.1) is 6.20 Å². The smallest absolute Gasteiger partial charge is 0.179 e. The molecule has 0 bridgehead atoms. The summed E-state index contributed by atoms with van der Waals surface area (Å²) in [4.78, 5) is 4.06. The van der Waals surface area contributed by atoms with Crippen molar-refractivity contribution in [2.75, 3.05) is 11.9 Å². The van der Waals surface area contributed by atoms with E-state index in [-0.39, 0.29) is 0 Å². The molecule has 3 heterocycles. The minimum absolute atomic E-state index is 0.455. The van der Waals surface area contributed by atoms with E-state index < -0.39 is 0 Å². The van der Waals surface area contributed by atoms with Crippen LogP contribution >= 0.6 is 0 Å². The van der Waals surface area contributed by atoms with Gasteiger partial charge in [0.1, 0.15) is 5.82 Å². The highest BCUT2D eigenvalue weighted by molar-refractivity contribution is 5.57. The summed E-state index contributed by atoms with van der Waals surface area (Å²) < 4.78 is 2.01. The number of rotatable bonds is 2. The highest BCUT2D eigenvalue weighted by Gasteiger charge is 2.23. The van der Waals surface area contributed by atoms with Crippen molar-refractivity contribution in [1.82, 2.24) is 19.6 Å². The molecule has 1 N–H and O–H groups in total.